The number of nitrogens with two attached hydrogens (primary N) is 1. The molecule has 100 valence electrons. The Balaban J connectivity index is 1.86. The normalized spacial score (nSPS) is 10.4. The maximum absolute atomic E-state index is 11.8. The summed E-state index contributed by atoms with van der Waals surface area (Å²) < 4.78 is 0. The number of nitrogen functional groups attached to an aromatic ring is 1. The lowest BCUT2D eigenvalue weighted by Gasteiger charge is -2.04. The monoisotopic (exact) mass is 275 g/mol. The lowest BCUT2D eigenvalue weighted by molar-refractivity contribution is -0.116. The molecule has 5 heteroatoms. The molecule has 1 aromatic carbocycles. The maximum Gasteiger partial charge on any atom is 0.226 e. The molecule has 0 bridgehead atoms. The summed E-state index contributed by atoms with van der Waals surface area (Å²) in [4.78, 5) is 17.1. The molecule has 0 spiro atoms. The molecule has 0 radical (unpaired) electrons. The van der Waals surface area contributed by atoms with Crippen molar-refractivity contribution in [2.24, 2.45) is 0 Å². The molecular formula is C14H17N3OS. The van der Waals surface area contributed by atoms with Crippen molar-refractivity contribution in [1.82, 2.24) is 4.98 Å². The fourth-order valence-corrected chi connectivity index (χ4v) is 2.49. The van der Waals surface area contributed by atoms with Gasteiger partial charge in [-0.3, -0.25) is 4.79 Å². The zero-order chi connectivity index (χ0) is 13.7. The first-order valence-electron chi connectivity index (χ1n) is 6.27. The van der Waals surface area contributed by atoms with Crippen molar-refractivity contribution in [3.63, 3.8) is 0 Å². The highest BCUT2D eigenvalue weighted by Gasteiger charge is 2.07. The molecule has 0 unspecified atom stereocenters. The van der Waals surface area contributed by atoms with Crippen LogP contribution in [0, 0.1) is 0 Å². The molecule has 0 aliphatic rings. The van der Waals surface area contributed by atoms with E-state index >= 15 is 0 Å². The number of anilines is 2. The quantitative estimate of drug-likeness (QED) is 0.824. The molecule has 19 heavy (non-hydrogen) atoms. The van der Waals surface area contributed by atoms with Gasteiger partial charge in [0, 0.05) is 23.2 Å². The topological polar surface area (TPSA) is 68.0 Å². The zero-order valence-electron chi connectivity index (χ0n) is 10.8. The fraction of sp³-hybridized carbons (Fsp3) is 0.286. The molecule has 0 saturated carbocycles. The Labute approximate surface area is 116 Å². The van der Waals surface area contributed by atoms with E-state index in [1.165, 1.54) is 16.2 Å². The third-order valence-corrected chi connectivity index (χ3v) is 3.88. The van der Waals surface area contributed by atoms with E-state index in [2.05, 4.69) is 17.2 Å². The molecule has 2 rings (SSSR count). The van der Waals surface area contributed by atoms with E-state index in [0.717, 1.165) is 17.7 Å². The first kappa shape index (κ1) is 13.5. The van der Waals surface area contributed by atoms with Crippen molar-refractivity contribution < 1.29 is 4.79 Å². The number of nitrogens with zero attached hydrogens (tertiary/aromatic N) is 1. The summed E-state index contributed by atoms with van der Waals surface area (Å²) >= 11 is 1.52. The van der Waals surface area contributed by atoms with Gasteiger partial charge in [0.15, 0.2) is 5.13 Å². The lowest BCUT2D eigenvalue weighted by atomic mass is 10.1. The zero-order valence-corrected chi connectivity index (χ0v) is 11.7. The predicted molar refractivity (Wildman–Crippen MR) is 79.3 cm³/mol. The Morgan fingerprint density at radius 2 is 2.21 bits per heavy atom. The molecule has 0 atom stereocenters. The highest BCUT2D eigenvalue weighted by molar-refractivity contribution is 7.15. The van der Waals surface area contributed by atoms with E-state index in [1.54, 1.807) is 6.20 Å². The van der Waals surface area contributed by atoms with Crippen molar-refractivity contribution in [3.05, 3.63) is 40.9 Å². The Morgan fingerprint density at radius 3 is 2.89 bits per heavy atom. The second kappa shape index (κ2) is 6.33. The second-order valence-corrected chi connectivity index (χ2v) is 5.35. The lowest BCUT2D eigenvalue weighted by Crippen LogP contribution is -2.12. The number of thiazole rings is 1. The van der Waals surface area contributed by atoms with Crippen LogP contribution in [0.25, 0.3) is 0 Å². The van der Waals surface area contributed by atoms with Gasteiger partial charge in [-0.25, -0.2) is 4.98 Å². The molecule has 1 heterocycles. The van der Waals surface area contributed by atoms with Crippen molar-refractivity contribution >= 4 is 28.1 Å². The number of aryl methyl sites for hydroxylation is 2. The van der Waals surface area contributed by atoms with Gasteiger partial charge in [-0.2, -0.15) is 0 Å². The molecule has 2 aromatic rings. The van der Waals surface area contributed by atoms with Crippen LogP contribution in [0.2, 0.25) is 0 Å². The van der Waals surface area contributed by atoms with Crippen LogP contribution in [-0.2, 0) is 17.6 Å². The summed E-state index contributed by atoms with van der Waals surface area (Å²) in [6.07, 6.45) is 3.79. The van der Waals surface area contributed by atoms with E-state index in [4.69, 9.17) is 5.73 Å². The number of rotatable bonds is 5. The standard InChI is InChI=1S/C14H17N3OS/c1-2-11-9-16-14(19-11)17-13(18)8-7-10-5-3-4-6-12(10)15/h3-6,9H,2,7-8,15H2,1H3,(H,16,17,18). The Bertz CT molecular complexity index is 565. The Morgan fingerprint density at radius 1 is 1.42 bits per heavy atom. The average molecular weight is 275 g/mol. The summed E-state index contributed by atoms with van der Waals surface area (Å²) in [7, 11) is 0. The van der Waals surface area contributed by atoms with Gasteiger partial charge in [-0.05, 0) is 24.5 Å². The predicted octanol–water partition coefficient (Wildman–Crippen LogP) is 2.86. The number of aromatic nitrogens is 1. The SMILES string of the molecule is CCc1cnc(NC(=O)CCc2ccccc2N)s1. The van der Waals surface area contributed by atoms with E-state index in [9.17, 15) is 4.79 Å². The Hall–Kier alpha value is -1.88. The first-order valence-corrected chi connectivity index (χ1v) is 7.08. The van der Waals surface area contributed by atoms with Crippen molar-refractivity contribution in [2.75, 3.05) is 11.1 Å². The van der Waals surface area contributed by atoms with Crippen molar-refractivity contribution in [2.45, 2.75) is 26.2 Å². The summed E-state index contributed by atoms with van der Waals surface area (Å²) in [5.41, 5.74) is 7.58. The van der Waals surface area contributed by atoms with Gasteiger partial charge >= 0.3 is 0 Å². The number of hydrogen-bond acceptors (Lipinski definition) is 4. The minimum Gasteiger partial charge on any atom is -0.399 e. The summed E-state index contributed by atoms with van der Waals surface area (Å²) in [5.74, 6) is -0.0275. The second-order valence-electron chi connectivity index (χ2n) is 4.23. The van der Waals surface area contributed by atoms with Crippen molar-refractivity contribution in [1.29, 1.82) is 0 Å². The average Bonchev–Trinajstić information content (AvgIpc) is 2.85. The molecule has 3 N–H and O–H groups in total. The number of para-hydroxylation sites is 1. The van der Waals surface area contributed by atoms with Gasteiger partial charge in [-0.15, -0.1) is 11.3 Å². The molecule has 0 aliphatic heterocycles. The van der Waals surface area contributed by atoms with E-state index in [-0.39, 0.29) is 5.91 Å². The van der Waals surface area contributed by atoms with Crippen LogP contribution in [0.4, 0.5) is 10.8 Å². The van der Waals surface area contributed by atoms with E-state index in [0.29, 0.717) is 18.0 Å². The maximum atomic E-state index is 11.8. The third kappa shape index (κ3) is 3.79. The molecular weight excluding hydrogens is 258 g/mol. The van der Waals surface area contributed by atoms with Gasteiger partial charge in [-0.1, -0.05) is 25.1 Å². The Kier molecular flexibility index (Phi) is 4.52. The minimum absolute atomic E-state index is 0.0275. The van der Waals surface area contributed by atoms with Crippen LogP contribution in [0.15, 0.2) is 30.5 Å². The van der Waals surface area contributed by atoms with Crippen molar-refractivity contribution in [3.8, 4) is 0 Å². The van der Waals surface area contributed by atoms with Crippen LogP contribution in [0.1, 0.15) is 23.8 Å². The van der Waals surface area contributed by atoms with Crippen LogP contribution in [-0.4, -0.2) is 10.9 Å². The molecule has 0 fully saturated rings. The van der Waals surface area contributed by atoms with E-state index < -0.39 is 0 Å². The largest absolute Gasteiger partial charge is 0.399 e. The highest BCUT2D eigenvalue weighted by atomic mass is 32.1. The minimum atomic E-state index is -0.0275. The van der Waals surface area contributed by atoms with Gasteiger partial charge in [0.2, 0.25) is 5.91 Å². The highest BCUT2D eigenvalue weighted by Crippen LogP contribution is 2.19. The van der Waals surface area contributed by atoms with E-state index in [1.807, 2.05) is 24.3 Å². The van der Waals surface area contributed by atoms with Crippen LogP contribution in [0.3, 0.4) is 0 Å². The van der Waals surface area contributed by atoms with Gasteiger partial charge in [0.05, 0.1) is 0 Å². The molecule has 0 aliphatic carbocycles. The van der Waals surface area contributed by atoms with Crippen LogP contribution < -0.4 is 11.1 Å². The van der Waals surface area contributed by atoms with Gasteiger partial charge in [0.1, 0.15) is 0 Å². The fourth-order valence-electron chi connectivity index (χ4n) is 1.72. The molecule has 0 saturated heterocycles. The third-order valence-electron chi connectivity index (χ3n) is 2.82. The number of carbonyl (C=O) groups excluding carboxylic acids is 1. The number of carbonyl (C=O) groups is 1. The summed E-state index contributed by atoms with van der Waals surface area (Å²) in [6.45, 7) is 2.07. The first-order chi connectivity index (χ1) is 9.19. The number of amides is 1. The van der Waals surface area contributed by atoms with Gasteiger partial charge in [0.25, 0.3) is 0 Å². The molecule has 1 aromatic heterocycles. The molecule has 1 amide bonds. The number of hydrogen-bond donors (Lipinski definition) is 2. The van der Waals surface area contributed by atoms with Crippen LogP contribution >= 0.6 is 11.3 Å². The van der Waals surface area contributed by atoms with Crippen LogP contribution in [0.5, 0.6) is 0 Å². The number of nitrogens with one attached hydrogen (secondary N) is 1. The number of benzene rings is 1. The molecule has 4 nitrogen and oxygen atoms in total. The van der Waals surface area contributed by atoms with Gasteiger partial charge < -0.3 is 11.1 Å². The summed E-state index contributed by atoms with van der Waals surface area (Å²) in [6, 6.07) is 7.61. The smallest absolute Gasteiger partial charge is 0.226 e. The summed E-state index contributed by atoms with van der Waals surface area (Å²) in [5, 5.41) is 3.48.